The Labute approximate surface area is 241 Å². The van der Waals surface area contributed by atoms with Gasteiger partial charge in [-0.15, -0.1) is 0 Å². The third kappa shape index (κ3) is 10.3. The number of carbonyl (C=O) groups excluding carboxylic acids is 4. The maximum absolute atomic E-state index is 13.0. The summed E-state index contributed by atoms with van der Waals surface area (Å²) >= 11 is 1.52. The van der Waals surface area contributed by atoms with Gasteiger partial charge in [0.2, 0.25) is 17.7 Å². The van der Waals surface area contributed by atoms with Gasteiger partial charge in [0, 0.05) is 5.92 Å². The molecule has 0 aliphatic carbocycles. The van der Waals surface area contributed by atoms with Crippen molar-refractivity contribution in [3.63, 3.8) is 0 Å². The molecule has 6 N–H and O–H groups in total. The topological polar surface area (TPSA) is 151 Å². The molecule has 0 aliphatic heterocycles. The van der Waals surface area contributed by atoms with Crippen molar-refractivity contribution in [1.82, 2.24) is 16.0 Å². The standard InChI is InChI=1S/C30H41N4O5S/c1-18(2)28(37)26(15-21-9-7-6-8-10-21)33-27(36)17-32-30(39)25(11-12-40-5)34-29(38)24(31)16-23-19(3)13-22(35)14-20(23)4/h6-10,13-14,24-26,35H,11-12,15-17,31H2,1-5H3,(H,32,39)(H,33,36)(H,34,38)/t24-,25-,26-/m0/s1. The van der Waals surface area contributed by atoms with E-state index >= 15 is 0 Å². The number of Topliss-reactive ketones (excluding diaryl/α,β-unsaturated/α-hetero) is 1. The lowest BCUT2D eigenvalue weighted by molar-refractivity contribution is -0.131. The maximum Gasteiger partial charge on any atom is 0.243 e. The van der Waals surface area contributed by atoms with Crippen molar-refractivity contribution >= 4 is 35.3 Å². The summed E-state index contributed by atoms with van der Waals surface area (Å²) in [6, 6.07) is 10.1. The zero-order valence-electron chi connectivity index (χ0n) is 23.9. The summed E-state index contributed by atoms with van der Waals surface area (Å²) in [5.41, 5.74) is 9.60. The molecule has 2 aromatic carbocycles. The predicted molar refractivity (Wildman–Crippen MR) is 159 cm³/mol. The minimum atomic E-state index is -0.909. The van der Waals surface area contributed by atoms with Crippen LogP contribution in [0.1, 0.15) is 42.5 Å². The molecule has 40 heavy (non-hydrogen) atoms. The Kier molecular flexibility index (Phi) is 13.2. The van der Waals surface area contributed by atoms with E-state index < -0.39 is 35.8 Å². The predicted octanol–water partition coefficient (Wildman–Crippen LogP) is 2.14. The van der Waals surface area contributed by atoms with E-state index in [0.717, 1.165) is 22.3 Å². The molecule has 2 rings (SSSR count). The van der Waals surface area contributed by atoms with E-state index in [1.54, 1.807) is 26.0 Å². The number of phenols is 1. The fourth-order valence-corrected chi connectivity index (χ4v) is 4.80. The summed E-state index contributed by atoms with van der Waals surface area (Å²) < 4.78 is 0. The Morgan fingerprint density at radius 2 is 1.55 bits per heavy atom. The lowest BCUT2D eigenvalue weighted by atomic mass is 9.95. The second-order valence-electron chi connectivity index (χ2n) is 10.1. The van der Waals surface area contributed by atoms with Gasteiger partial charge in [-0.2, -0.15) is 11.8 Å². The second-order valence-corrected chi connectivity index (χ2v) is 11.1. The van der Waals surface area contributed by atoms with Crippen LogP contribution in [0.4, 0.5) is 0 Å². The molecule has 0 fully saturated rings. The highest BCUT2D eigenvalue weighted by Crippen LogP contribution is 2.22. The molecule has 0 spiro atoms. The van der Waals surface area contributed by atoms with Gasteiger partial charge in [-0.25, -0.2) is 0 Å². The van der Waals surface area contributed by atoms with Crippen molar-refractivity contribution in [2.75, 3.05) is 18.6 Å². The molecule has 2 aromatic rings. The van der Waals surface area contributed by atoms with Crippen LogP contribution in [0.2, 0.25) is 0 Å². The molecule has 0 aromatic heterocycles. The van der Waals surface area contributed by atoms with Crippen LogP contribution in [-0.4, -0.2) is 65.3 Å². The summed E-state index contributed by atoms with van der Waals surface area (Å²) in [4.78, 5) is 51.3. The largest absolute Gasteiger partial charge is 0.508 e. The number of aromatic hydroxyl groups is 1. The van der Waals surface area contributed by atoms with E-state index in [1.807, 2.05) is 50.4 Å². The van der Waals surface area contributed by atoms with Gasteiger partial charge in [-0.3, -0.25) is 19.2 Å². The quantitative estimate of drug-likeness (QED) is 0.221. The Hall–Kier alpha value is -3.37. The summed E-state index contributed by atoms with van der Waals surface area (Å²) in [6.07, 6.45) is 2.81. The van der Waals surface area contributed by atoms with E-state index in [9.17, 15) is 24.3 Å². The smallest absolute Gasteiger partial charge is 0.243 e. The number of carbonyl (C=O) groups is 4. The molecule has 9 nitrogen and oxygen atoms in total. The molecule has 1 radical (unpaired) electrons. The summed E-state index contributed by atoms with van der Waals surface area (Å²) in [6.45, 7) is 6.73. The van der Waals surface area contributed by atoms with Crippen LogP contribution in [0, 0.1) is 19.8 Å². The van der Waals surface area contributed by atoms with Crippen LogP contribution in [0.25, 0.3) is 0 Å². The highest BCUT2D eigenvalue weighted by atomic mass is 32.2. The van der Waals surface area contributed by atoms with Gasteiger partial charge in [0.1, 0.15) is 11.8 Å². The van der Waals surface area contributed by atoms with Crippen molar-refractivity contribution in [1.29, 1.82) is 0 Å². The molecule has 217 valence electrons. The van der Waals surface area contributed by atoms with Gasteiger partial charge in [0.25, 0.3) is 0 Å². The van der Waals surface area contributed by atoms with Crippen molar-refractivity contribution in [2.24, 2.45) is 5.73 Å². The van der Waals surface area contributed by atoms with Crippen LogP contribution in [-0.2, 0) is 32.0 Å². The molecule has 3 amide bonds. The SMILES string of the molecule is CSCC[C@H](NC(=O)[C@@H](N)Cc1c(C)cc(O)cc1C)C(=O)NCC(=O)N[C@@H](Cc1ccccc1)C(=O)[C](C)C. The van der Waals surface area contributed by atoms with E-state index in [-0.39, 0.29) is 24.5 Å². The van der Waals surface area contributed by atoms with Crippen LogP contribution in [0.15, 0.2) is 42.5 Å². The zero-order chi connectivity index (χ0) is 29.8. The molecule has 0 saturated carbocycles. The lowest BCUT2D eigenvalue weighted by Crippen LogP contribution is -2.54. The minimum absolute atomic E-state index is 0.147. The van der Waals surface area contributed by atoms with Crippen molar-refractivity contribution in [3.8, 4) is 5.75 Å². The van der Waals surface area contributed by atoms with Gasteiger partial charge in [0.05, 0.1) is 18.6 Å². The molecular weight excluding hydrogens is 528 g/mol. The van der Waals surface area contributed by atoms with Crippen molar-refractivity contribution in [3.05, 3.63) is 70.6 Å². The highest BCUT2D eigenvalue weighted by Gasteiger charge is 2.27. The molecule has 0 unspecified atom stereocenters. The first-order chi connectivity index (χ1) is 18.9. The average Bonchev–Trinajstić information content (AvgIpc) is 2.91. The van der Waals surface area contributed by atoms with Gasteiger partial charge < -0.3 is 26.8 Å². The molecular formula is C30H41N4O5S. The highest BCUT2D eigenvalue weighted by molar-refractivity contribution is 7.98. The Bertz CT molecular complexity index is 1150. The first kappa shape index (κ1) is 32.8. The van der Waals surface area contributed by atoms with Crippen LogP contribution in [0.5, 0.6) is 5.75 Å². The van der Waals surface area contributed by atoms with Gasteiger partial charge in [-0.1, -0.05) is 44.2 Å². The number of phenolic OH excluding ortho intramolecular Hbond substituents is 1. The Balaban J connectivity index is 2.00. The number of rotatable bonds is 15. The molecule has 0 heterocycles. The average molecular weight is 570 g/mol. The summed E-state index contributed by atoms with van der Waals surface area (Å²) in [5, 5.41) is 17.8. The van der Waals surface area contributed by atoms with E-state index in [1.165, 1.54) is 11.8 Å². The van der Waals surface area contributed by atoms with Crippen molar-refractivity contribution in [2.45, 2.75) is 65.1 Å². The first-order valence-corrected chi connectivity index (χ1v) is 14.6. The lowest BCUT2D eigenvalue weighted by Gasteiger charge is -2.22. The minimum Gasteiger partial charge on any atom is -0.508 e. The third-order valence-corrected chi connectivity index (χ3v) is 7.18. The number of nitrogens with one attached hydrogen (secondary N) is 3. The van der Waals surface area contributed by atoms with Gasteiger partial charge in [-0.05, 0) is 79.5 Å². The van der Waals surface area contributed by atoms with Crippen LogP contribution in [0.3, 0.4) is 0 Å². The molecule has 0 bridgehead atoms. The number of nitrogens with two attached hydrogens (primary N) is 1. The fraction of sp³-hybridized carbons (Fsp3) is 0.433. The van der Waals surface area contributed by atoms with Crippen molar-refractivity contribution < 1.29 is 24.3 Å². The molecule has 0 saturated heterocycles. The number of ketones is 1. The molecule has 0 aliphatic rings. The first-order valence-electron chi connectivity index (χ1n) is 13.2. The normalized spacial score (nSPS) is 13.3. The number of benzene rings is 2. The summed E-state index contributed by atoms with van der Waals surface area (Å²) in [5.74, 6) is -0.358. The molecule has 10 heteroatoms. The third-order valence-electron chi connectivity index (χ3n) is 6.54. The number of hydrogen-bond acceptors (Lipinski definition) is 7. The van der Waals surface area contributed by atoms with Gasteiger partial charge >= 0.3 is 0 Å². The zero-order valence-corrected chi connectivity index (χ0v) is 24.7. The Morgan fingerprint density at radius 3 is 2.12 bits per heavy atom. The second kappa shape index (κ2) is 16.0. The van der Waals surface area contributed by atoms with E-state index in [0.29, 0.717) is 24.5 Å². The van der Waals surface area contributed by atoms with Crippen LogP contribution >= 0.6 is 11.8 Å². The summed E-state index contributed by atoms with van der Waals surface area (Å²) in [7, 11) is 0. The molecule has 3 atom stereocenters. The number of aryl methyl sites for hydroxylation is 2. The number of hydrogen-bond donors (Lipinski definition) is 5. The Morgan fingerprint density at radius 1 is 0.925 bits per heavy atom. The monoisotopic (exact) mass is 569 g/mol. The maximum atomic E-state index is 13.0. The van der Waals surface area contributed by atoms with Crippen LogP contribution < -0.4 is 21.7 Å². The van der Waals surface area contributed by atoms with E-state index in [4.69, 9.17) is 5.73 Å². The van der Waals surface area contributed by atoms with E-state index in [2.05, 4.69) is 16.0 Å². The number of amides is 3. The van der Waals surface area contributed by atoms with Gasteiger partial charge in [0.15, 0.2) is 5.78 Å². The fourth-order valence-electron chi connectivity index (χ4n) is 4.33. The number of thioether (sulfide) groups is 1.